The van der Waals surface area contributed by atoms with Gasteiger partial charge in [-0.2, -0.15) is 74.6 Å². The highest BCUT2D eigenvalue weighted by molar-refractivity contribution is 7.97. The molecular weight excluding hydrogens is 763 g/mol. The van der Waals surface area contributed by atoms with E-state index in [4.69, 9.17) is 4.74 Å². The van der Waals surface area contributed by atoms with Gasteiger partial charge in [0.2, 0.25) is 0 Å². The molecule has 282 valence electrons. The second-order valence-corrected chi connectivity index (χ2v) is 15.0. The van der Waals surface area contributed by atoms with Gasteiger partial charge in [-0.15, -0.1) is 0 Å². The molecule has 0 spiro atoms. The quantitative estimate of drug-likeness (QED) is 0.145. The predicted octanol–water partition coefficient (Wildman–Crippen LogP) is 9.29. The smallest absolute Gasteiger partial charge is 0.460 e. The van der Waals surface area contributed by atoms with Crippen molar-refractivity contribution in [2.45, 2.75) is 91.1 Å². The van der Waals surface area contributed by atoms with Gasteiger partial charge in [-0.3, -0.25) is 0 Å². The molecule has 23 heteroatoms. The third-order valence-electron chi connectivity index (χ3n) is 6.61. The molecule has 1 aliphatic rings. The van der Waals surface area contributed by atoms with Gasteiger partial charge in [0.15, 0.2) is 15.0 Å². The molecule has 0 atom stereocenters. The monoisotopic (exact) mass is 786 g/mol. The molecule has 0 aromatic heterocycles. The molecule has 49 heavy (non-hydrogen) atoms. The van der Waals surface area contributed by atoms with Gasteiger partial charge < -0.3 is 9.29 Å². The Kier molecular flexibility index (Phi) is 11.3. The van der Waals surface area contributed by atoms with E-state index in [0.29, 0.717) is 10.9 Å². The van der Waals surface area contributed by atoms with E-state index in [0.717, 1.165) is 5.75 Å². The molecule has 3 rings (SSSR count). The summed E-state index contributed by atoms with van der Waals surface area (Å²) in [5.41, 5.74) is -0.153. The van der Waals surface area contributed by atoms with E-state index in [9.17, 15) is 87.6 Å². The largest absolute Gasteiger partial charge is 0.743 e. The van der Waals surface area contributed by atoms with Crippen molar-refractivity contribution in [3.05, 3.63) is 36.4 Å². The molecule has 0 radical (unpaired) electrons. The molecule has 0 saturated carbocycles. The Hall–Kier alpha value is -2.43. The maximum atomic E-state index is 13.0. The summed E-state index contributed by atoms with van der Waals surface area (Å²) < 4.78 is 250. The summed E-state index contributed by atoms with van der Waals surface area (Å²) in [5, 5.41) is -5.30. The Morgan fingerprint density at radius 1 is 0.592 bits per heavy atom. The minimum atomic E-state index is -8.92. The molecule has 4 nitrogen and oxygen atoms in total. The molecule has 0 aliphatic carbocycles. The van der Waals surface area contributed by atoms with Crippen LogP contribution in [0.5, 0.6) is 5.75 Å². The lowest BCUT2D eigenvalue weighted by atomic mass is 9.91. The number of hydrogen-bond acceptors (Lipinski definition) is 4. The first-order valence-corrected chi connectivity index (χ1v) is 16.1. The molecule has 0 N–H and O–H groups in total. The Bertz CT molecular complexity index is 1590. The normalized spacial score (nSPS) is 16.8. The van der Waals surface area contributed by atoms with E-state index in [1.54, 1.807) is 4.90 Å². The van der Waals surface area contributed by atoms with Crippen molar-refractivity contribution in [1.29, 1.82) is 0 Å². The van der Waals surface area contributed by atoms with Crippen LogP contribution in [0.4, 0.5) is 74.6 Å². The van der Waals surface area contributed by atoms with E-state index in [1.807, 2.05) is 0 Å². The highest BCUT2D eigenvalue weighted by atomic mass is 32.2. The fraction of sp³-hybridized carbons (Fsp3) is 0.615. The zero-order chi connectivity index (χ0) is 38.7. The number of alkyl halides is 17. The van der Waals surface area contributed by atoms with Crippen LogP contribution in [0, 0.1) is 0 Å². The van der Waals surface area contributed by atoms with Gasteiger partial charge in [-0.25, -0.2) is 8.42 Å². The fourth-order valence-electron chi connectivity index (χ4n) is 4.10. The van der Waals surface area contributed by atoms with Crippen molar-refractivity contribution in [2.75, 3.05) is 11.5 Å². The van der Waals surface area contributed by atoms with E-state index in [2.05, 4.69) is 57.2 Å². The van der Waals surface area contributed by atoms with Crippen LogP contribution in [0.15, 0.2) is 41.3 Å². The first kappa shape index (κ1) is 42.7. The third-order valence-corrected chi connectivity index (χ3v) is 10.0. The summed E-state index contributed by atoms with van der Waals surface area (Å²) in [4.78, 5) is 1.54. The summed E-state index contributed by atoms with van der Waals surface area (Å²) in [5.74, 6) is -48.4. The molecule has 0 amide bonds. The van der Waals surface area contributed by atoms with Crippen LogP contribution in [-0.2, 0) is 21.0 Å². The number of hydrogen-bond donors (Lipinski definition) is 0. The van der Waals surface area contributed by atoms with Crippen LogP contribution in [0.3, 0.4) is 0 Å². The van der Waals surface area contributed by atoms with E-state index >= 15 is 0 Å². The van der Waals surface area contributed by atoms with E-state index in [-0.39, 0.29) is 5.60 Å². The van der Waals surface area contributed by atoms with Gasteiger partial charge in [0, 0.05) is 21.7 Å². The minimum Gasteiger partial charge on any atom is -0.743 e. The number of fused-ring (bicyclic) bond motifs is 1. The predicted molar refractivity (Wildman–Crippen MR) is 139 cm³/mol. The lowest BCUT2D eigenvalue weighted by Crippen LogP contribution is -2.75. The van der Waals surface area contributed by atoms with E-state index < -0.39 is 57.1 Å². The van der Waals surface area contributed by atoms with Crippen molar-refractivity contribution in [1.82, 2.24) is 0 Å². The molecular formula is C26H23F17O4S2. The van der Waals surface area contributed by atoms with Crippen LogP contribution in [0.25, 0.3) is 10.8 Å². The Morgan fingerprint density at radius 3 is 1.37 bits per heavy atom. The van der Waals surface area contributed by atoms with Gasteiger partial charge >= 0.3 is 47.0 Å². The molecule has 1 aliphatic heterocycles. The third kappa shape index (κ3) is 7.21. The first-order chi connectivity index (χ1) is 21.5. The van der Waals surface area contributed by atoms with Gasteiger partial charge in [-0.1, -0.05) is 18.2 Å². The number of halogens is 17. The van der Waals surface area contributed by atoms with Gasteiger partial charge in [-0.05, 0) is 51.8 Å². The molecule has 2 aromatic carbocycles. The lowest BCUT2D eigenvalue weighted by molar-refractivity contribution is -0.458. The topological polar surface area (TPSA) is 66.4 Å². The van der Waals surface area contributed by atoms with Crippen LogP contribution in [0.2, 0.25) is 0 Å². The maximum absolute atomic E-state index is 13.0. The Balaban J connectivity index is 0.000000360. The molecule has 0 bridgehead atoms. The van der Waals surface area contributed by atoms with Gasteiger partial charge in [0.1, 0.15) is 22.9 Å². The fourth-order valence-corrected chi connectivity index (χ4v) is 7.04. The highest BCUT2D eigenvalue weighted by Gasteiger charge is 2.95. The lowest BCUT2D eigenvalue weighted by Gasteiger charge is -2.42. The second kappa shape index (κ2) is 13.0. The molecule has 2 aromatic rings. The zero-order valence-electron chi connectivity index (χ0n) is 24.7. The molecule has 1 heterocycles. The minimum absolute atomic E-state index is 0.153. The summed E-state index contributed by atoms with van der Waals surface area (Å²) in [6.45, 7) is 6.32. The molecule has 1 fully saturated rings. The summed E-state index contributed by atoms with van der Waals surface area (Å²) in [6.07, 6.45) is -5.12. The van der Waals surface area contributed by atoms with E-state index in [1.165, 1.54) is 35.1 Å². The van der Waals surface area contributed by atoms with Crippen molar-refractivity contribution < 1.29 is 92.3 Å². The number of benzene rings is 2. The van der Waals surface area contributed by atoms with Crippen molar-refractivity contribution in [2.24, 2.45) is 0 Å². The SMILES string of the molecule is CC(C)(C)Oc1ccc([S+]2CCCC2)c2ccccc12.O=S(=O)([O-])C(F)(F)C(F)(F)C(F)(F)C(F)(F)C(F)(F)C(F)(F)C(F)(F)C(F)(F)F. The number of rotatable bonds is 9. The van der Waals surface area contributed by atoms with Crippen LogP contribution >= 0.6 is 0 Å². The average molecular weight is 787 g/mol. The summed E-state index contributed by atoms with van der Waals surface area (Å²) in [6, 6.07) is 13.2. The highest BCUT2D eigenvalue weighted by Crippen LogP contribution is 2.64. The summed E-state index contributed by atoms with van der Waals surface area (Å²) in [7, 11) is -7.70. The van der Waals surface area contributed by atoms with Gasteiger partial charge in [0.05, 0.1) is 0 Å². The Morgan fingerprint density at radius 2 is 0.980 bits per heavy atom. The van der Waals surface area contributed by atoms with Crippen molar-refractivity contribution >= 4 is 31.8 Å². The van der Waals surface area contributed by atoms with Gasteiger partial charge in [0.25, 0.3) is 0 Å². The van der Waals surface area contributed by atoms with Crippen LogP contribution in [-0.4, -0.2) is 77.0 Å². The standard InChI is InChI=1S/C18H23OS.C8HF17O3S/c1-18(2,3)19-16-10-11-17(20-12-6-7-13-20)15-9-5-4-8-14(15)16;9-1(10,3(13,14)5(17,18)7(21,22)23)2(11,12)4(15,16)6(19,20)8(24,25)29(26,27)28/h4-5,8-11H,6-7,12-13H2,1-3H3;(H,26,27,28)/q+1;/p-1. The molecule has 1 saturated heterocycles. The Labute approximate surface area is 269 Å². The molecule has 0 unspecified atom stereocenters. The zero-order valence-corrected chi connectivity index (χ0v) is 26.3. The van der Waals surface area contributed by atoms with Crippen molar-refractivity contribution in [3.63, 3.8) is 0 Å². The summed E-state index contributed by atoms with van der Waals surface area (Å²) >= 11 is 0. The average Bonchev–Trinajstić information content (AvgIpc) is 3.46. The van der Waals surface area contributed by atoms with Crippen LogP contribution < -0.4 is 4.74 Å². The second-order valence-electron chi connectivity index (χ2n) is 11.3. The number of ether oxygens (including phenoxy) is 1. The maximum Gasteiger partial charge on any atom is 0.460 e. The van der Waals surface area contributed by atoms with Crippen molar-refractivity contribution in [3.8, 4) is 5.75 Å². The van der Waals surface area contributed by atoms with Crippen LogP contribution in [0.1, 0.15) is 33.6 Å². The first-order valence-electron chi connectivity index (χ1n) is 13.1.